The van der Waals surface area contributed by atoms with Crippen LogP contribution in [0.1, 0.15) is 57.8 Å². The number of carbonyl (C=O) groups is 3. The van der Waals surface area contributed by atoms with E-state index in [2.05, 4.69) is 16.7 Å². The zero-order chi connectivity index (χ0) is 27.8. The summed E-state index contributed by atoms with van der Waals surface area (Å²) >= 11 is 6.21. The molecule has 2 N–H and O–H groups in total. The molecule has 8 nitrogen and oxygen atoms in total. The van der Waals surface area contributed by atoms with E-state index in [0.717, 1.165) is 0 Å². The quantitative estimate of drug-likeness (QED) is 0.549. The Labute approximate surface area is 226 Å². The topological polar surface area (TPSA) is 112 Å². The molecule has 38 heavy (non-hydrogen) atoms. The molecule has 0 bridgehead atoms. The molecular weight excluding hydrogens is 511 g/mol. The van der Waals surface area contributed by atoms with E-state index in [-0.39, 0.29) is 30.7 Å². The van der Waals surface area contributed by atoms with Gasteiger partial charge in [0.15, 0.2) is 0 Å². The maximum Gasteiger partial charge on any atom is 0.408 e. The summed E-state index contributed by atoms with van der Waals surface area (Å²) in [6, 6.07) is 10.9. The van der Waals surface area contributed by atoms with Crippen molar-refractivity contribution in [3.63, 3.8) is 0 Å². The van der Waals surface area contributed by atoms with Crippen molar-refractivity contribution in [3.05, 3.63) is 64.4 Å². The van der Waals surface area contributed by atoms with Crippen LogP contribution in [0.3, 0.4) is 0 Å². The predicted octanol–water partition coefficient (Wildman–Crippen LogP) is 5.09. The number of alkyl carbamates (subject to hydrolysis) is 1. The van der Waals surface area contributed by atoms with E-state index in [9.17, 15) is 24.0 Å². The molecule has 2 aromatic carbocycles. The van der Waals surface area contributed by atoms with E-state index >= 15 is 0 Å². The van der Waals surface area contributed by atoms with Crippen LogP contribution in [0.2, 0.25) is 5.02 Å². The molecule has 3 amide bonds. The lowest BCUT2D eigenvalue weighted by atomic mass is 9.80. The first-order valence-electron chi connectivity index (χ1n) is 12.4. The summed E-state index contributed by atoms with van der Waals surface area (Å²) in [6.07, 6.45) is -1.13. The van der Waals surface area contributed by atoms with Crippen LogP contribution in [0.15, 0.2) is 42.5 Å². The smallest absolute Gasteiger partial charge is 0.408 e. The lowest BCUT2D eigenvalue weighted by Crippen LogP contribution is -2.52. The fourth-order valence-electron chi connectivity index (χ4n) is 5.15. The molecule has 4 rings (SSSR count). The summed E-state index contributed by atoms with van der Waals surface area (Å²) in [7, 11) is 0. The van der Waals surface area contributed by atoms with Crippen molar-refractivity contribution in [2.75, 3.05) is 11.9 Å². The highest BCUT2D eigenvalue weighted by atomic mass is 35.5. The highest BCUT2D eigenvalue weighted by Crippen LogP contribution is 2.47. The molecule has 2 aliphatic rings. The fourth-order valence-corrected chi connectivity index (χ4v) is 5.32. The van der Waals surface area contributed by atoms with E-state index in [1.54, 1.807) is 25.1 Å². The van der Waals surface area contributed by atoms with Crippen molar-refractivity contribution in [1.29, 1.82) is 5.26 Å². The normalized spacial score (nSPS) is 21.9. The SMILES string of the molecule is C[C@@H](OC(=O)NC(CC(C)(C)C)C(=O)N1C[C@]2(C[C@H]1C#N)C(=O)Nc1ccc(Cl)cc12)c1ccc(F)cc1. The second-order valence-corrected chi connectivity index (χ2v) is 11.5. The molecule has 10 heteroatoms. The molecule has 1 fully saturated rings. The van der Waals surface area contributed by atoms with Crippen molar-refractivity contribution in [3.8, 4) is 6.07 Å². The standard InChI is InChI=1S/C28H30ClFN4O4/c1-16(17-5-8-19(30)9-6-17)38-26(37)33-23(13-27(2,3)4)24(35)34-15-28(12-20(34)14-31)21-11-18(29)7-10-22(21)32-25(28)36/h5-11,16,20,23H,12-13,15H2,1-4H3,(H,32,36)(H,33,37)/t16-,20+,23?,28+/m1/s1. The third kappa shape index (κ3) is 5.46. The second-order valence-electron chi connectivity index (χ2n) is 11.1. The van der Waals surface area contributed by atoms with Crippen LogP contribution in [0, 0.1) is 22.6 Å². The van der Waals surface area contributed by atoms with Gasteiger partial charge in [0.1, 0.15) is 24.0 Å². The number of rotatable bonds is 5. The van der Waals surface area contributed by atoms with E-state index in [1.807, 2.05) is 20.8 Å². The van der Waals surface area contributed by atoms with Crippen LogP contribution in [-0.4, -0.2) is 41.4 Å². The third-order valence-corrected chi connectivity index (χ3v) is 7.24. The van der Waals surface area contributed by atoms with Crippen LogP contribution >= 0.6 is 11.6 Å². The van der Waals surface area contributed by atoms with Crippen LogP contribution < -0.4 is 10.6 Å². The molecule has 1 spiro atoms. The van der Waals surface area contributed by atoms with Crippen LogP contribution in [0.25, 0.3) is 0 Å². The minimum Gasteiger partial charge on any atom is -0.442 e. The first-order valence-corrected chi connectivity index (χ1v) is 12.7. The van der Waals surface area contributed by atoms with Crippen molar-refractivity contribution in [2.24, 2.45) is 5.41 Å². The number of ether oxygens (including phenoxy) is 1. The summed E-state index contributed by atoms with van der Waals surface area (Å²) in [5.41, 5.74) is 0.378. The number of hydrogen-bond acceptors (Lipinski definition) is 5. The molecule has 0 aromatic heterocycles. The van der Waals surface area contributed by atoms with Gasteiger partial charge < -0.3 is 20.3 Å². The van der Waals surface area contributed by atoms with E-state index < -0.39 is 41.4 Å². The second kappa shape index (κ2) is 10.3. The summed E-state index contributed by atoms with van der Waals surface area (Å²) < 4.78 is 18.7. The number of nitrogens with one attached hydrogen (secondary N) is 2. The molecule has 0 aliphatic carbocycles. The maximum absolute atomic E-state index is 13.9. The van der Waals surface area contributed by atoms with Crippen LogP contribution in [0.4, 0.5) is 14.9 Å². The minimum absolute atomic E-state index is 0.0212. The Kier molecular flexibility index (Phi) is 7.39. The number of carbonyl (C=O) groups excluding carboxylic acids is 3. The molecule has 200 valence electrons. The van der Waals surface area contributed by atoms with Gasteiger partial charge in [0, 0.05) is 23.7 Å². The molecule has 1 saturated heterocycles. The summed E-state index contributed by atoms with van der Waals surface area (Å²) in [4.78, 5) is 41.2. The molecule has 4 atom stereocenters. The van der Waals surface area contributed by atoms with Gasteiger partial charge in [-0.25, -0.2) is 9.18 Å². The maximum atomic E-state index is 13.9. The Balaban J connectivity index is 1.56. The zero-order valence-corrected chi connectivity index (χ0v) is 22.4. The van der Waals surface area contributed by atoms with Gasteiger partial charge in [-0.3, -0.25) is 9.59 Å². The number of fused-ring (bicyclic) bond motifs is 2. The molecule has 2 heterocycles. The van der Waals surface area contributed by atoms with Gasteiger partial charge in [0.25, 0.3) is 0 Å². The number of nitrogens with zero attached hydrogens (tertiary/aromatic N) is 2. The highest BCUT2D eigenvalue weighted by molar-refractivity contribution is 6.31. The van der Waals surface area contributed by atoms with Crippen molar-refractivity contribution < 1.29 is 23.5 Å². The molecule has 1 unspecified atom stereocenters. The first kappa shape index (κ1) is 27.4. The predicted molar refractivity (Wildman–Crippen MR) is 140 cm³/mol. The van der Waals surface area contributed by atoms with Gasteiger partial charge in [-0.15, -0.1) is 0 Å². The largest absolute Gasteiger partial charge is 0.442 e. The summed E-state index contributed by atoms with van der Waals surface area (Å²) in [6.45, 7) is 7.41. The number of anilines is 1. The third-order valence-electron chi connectivity index (χ3n) is 7.00. The monoisotopic (exact) mass is 540 g/mol. The zero-order valence-electron chi connectivity index (χ0n) is 21.7. The first-order chi connectivity index (χ1) is 17.8. The molecule has 2 aromatic rings. The molecular formula is C28H30ClFN4O4. The molecule has 0 saturated carbocycles. The van der Waals surface area contributed by atoms with Gasteiger partial charge in [0.05, 0.1) is 11.5 Å². The fraction of sp³-hybridized carbons (Fsp3) is 0.429. The number of nitriles is 1. The average molecular weight is 541 g/mol. The Morgan fingerprint density at radius 1 is 1.29 bits per heavy atom. The van der Waals surface area contributed by atoms with Crippen molar-refractivity contribution in [2.45, 2.75) is 64.1 Å². The van der Waals surface area contributed by atoms with E-state index in [0.29, 0.717) is 21.8 Å². The van der Waals surface area contributed by atoms with Gasteiger partial charge in [-0.05, 0) is 60.2 Å². The average Bonchev–Trinajstić information content (AvgIpc) is 3.36. The number of benzene rings is 2. The highest BCUT2D eigenvalue weighted by Gasteiger charge is 2.56. The Morgan fingerprint density at radius 3 is 2.61 bits per heavy atom. The molecule has 0 radical (unpaired) electrons. The van der Waals surface area contributed by atoms with Crippen LogP contribution in [-0.2, 0) is 19.7 Å². The van der Waals surface area contributed by atoms with Crippen LogP contribution in [0.5, 0.6) is 0 Å². The number of hydrogen-bond donors (Lipinski definition) is 2. The van der Waals surface area contributed by atoms with Crippen molar-refractivity contribution >= 4 is 35.2 Å². The Hall–Kier alpha value is -3.64. The van der Waals surface area contributed by atoms with Gasteiger partial charge in [-0.1, -0.05) is 44.5 Å². The number of amides is 3. The van der Waals surface area contributed by atoms with E-state index in [1.165, 1.54) is 29.2 Å². The van der Waals surface area contributed by atoms with Gasteiger partial charge in [-0.2, -0.15) is 5.26 Å². The van der Waals surface area contributed by atoms with Crippen molar-refractivity contribution in [1.82, 2.24) is 10.2 Å². The van der Waals surface area contributed by atoms with Gasteiger partial charge >= 0.3 is 6.09 Å². The van der Waals surface area contributed by atoms with E-state index in [4.69, 9.17) is 16.3 Å². The lowest BCUT2D eigenvalue weighted by molar-refractivity contribution is -0.134. The lowest BCUT2D eigenvalue weighted by Gasteiger charge is -2.31. The Bertz CT molecular complexity index is 1300. The Morgan fingerprint density at radius 2 is 1.97 bits per heavy atom. The molecule has 2 aliphatic heterocycles. The van der Waals surface area contributed by atoms with Gasteiger partial charge in [0.2, 0.25) is 11.8 Å². The summed E-state index contributed by atoms with van der Waals surface area (Å²) in [5, 5.41) is 15.9. The minimum atomic E-state index is -1.11. The summed E-state index contributed by atoms with van der Waals surface area (Å²) in [5.74, 6) is -1.17. The number of likely N-dealkylation sites (tertiary alicyclic amines) is 1. The number of halogens is 2.